The zero-order valence-electron chi connectivity index (χ0n) is 14.2. The van der Waals surface area contributed by atoms with Crippen molar-refractivity contribution in [3.8, 4) is 0 Å². The van der Waals surface area contributed by atoms with E-state index in [0.717, 1.165) is 10.0 Å². The summed E-state index contributed by atoms with van der Waals surface area (Å²) in [6.45, 7) is 1.62. The molecule has 0 aliphatic heterocycles. The molecule has 0 fully saturated rings. The molecule has 0 radical (unpaired) electrons. The number of amides is 2. The highest BCUT2D eigenvalue weighted by atomic mass is 79.9. The molecule has 9 heteroatoms. The zero-order chi connectivity index (χ0) is 19.3. The van der Waals surface area contributed by atoms with Gasteiger partial charge in [0.2, 0.25) is 15.9 Å². The summed E-state index contributed by atoms with van der Waals surface area (Å²) in [6, 6.07) is 11.0. The van der Waals surface area contributed by atoms with Gasteiger partial charge in [-0.15, -0.1) is 0 Å². The maximum atomic E-state index is 12.2. The molecule has 2 aromatic rings. The normalized spacial score (nSPS) is 11.0. The number of hydrogen-bond acceptors (Lipinski definition) is 4. The van der Waals surface area contributed by atoms with E-state index in [1.165, 1.54) is 31.3 Å². The van der Waals surface area contributed by atoms with Crippen molar-refractivity contribution in [2.45, 2.75) is 11.8 Å². The maximum absolute atomic E-state index is 12.2. The van der Waals surface area contributed by atoms with Gasteiger partial charge < -0.3 is 10.6 Å². The fourth-order valence-electron chi connectivity index (χ4n) is 2.15. The van der Waals surface area contributed by atoms with Gasteiger partial charge >= 0.3 is 0 Å². The highest BCUT2D eigenvalue weighted by Gasteiger charge is 2.15. The first kappa shape index (κ1) is 20.1. The summed E-state index contributed by atoms with van der Waals surface area (Å²) in [5, 5.41) is 5.18. The second-order valence-corrected chi connectivity index (χ2v) is 8.23. The van der Waals surface area contributed by atoms with E-state index in [0.29, 0.717) is 5.69 Å². The van der Waals surface area contributed by atoms with Crippen LogP contribution in [0, 0.1) is 6.92 Å². The second-order valence-electron chi connectivity index (χ2n) is 5.43. The fraction of sp³-hybridized carbons (Fsp3) is 0.176. The van der Waals surface area contributed by atoms with E-state index in [-0.39, 0.29) is 22.9 Å². The number of halogens is 1. The minimum absolute atomic E-state index is 0.0254. The van der Waals surface area contributed by atoms with Crippen LogP contribution in [0.25, 0.3) is 0 Å². The van der Waals surface area contributed by atoms with Gasteiger partial charge in [0.1, 0.15) is 0 Å². The van der Waals surface area contributed by atoms with Gasteiger partial charge in [-0.3, -0.25) is 9.59 Å². The van der Waals surface area contributed by atoms with Crippen LogP contribution in [0.3, 0.4) is 0 Å². The average Bonchev–Trinajstić information content (AvgIpc) is 2.62. The lowest BCUT2D eigenvalue weighted by Gasteiger charge is -2.10. The predicted molar refractivity (Wildman–Crippen MR) is 103 cm³/mol. The third-order valence-electron chi connectivity index (χ3n) is 3.55. The van der Waals surface area contributed by atoms with Crippen molar-refractivity contribution in [1.82, 2.24) is 10.0 Å². The molecule has 0 saturated heterocycles. The molecule has 0 aliphatic carbocycles. The summed E-state index contributed by atoms with van der Waals surface area (Å²) < 4.78 is 26.7. The van der Waals surface area contributed by atoms with Gasteiger partial charge in [-0.25, -0.2) is 13.1 Å². The maximum Gasteiger partial charge on any atom is 0.251 e. The van der Waals surface area contributed by atoms with Crippen molar-refractivity contribution in [3.05, 3.63) is 58.1 Å². The summed E-state index contributed by atoms with van der Waals surface area (Å²) in [5.74, 6) is -0.927. The Morgan fingerprint density at radius 3 is 2.50 bits per heavy atom. The lowest BCUT2D eigenvalue weighted by atomic mass is 10.2. The number of benzene rings is 2. The van der Waals surface area contributed by atoms with E-state index in [1.807, 2.05) is 13.0 Å². The lowest BCUT2D eigenvalue weighted by Crippen LogP contribution is -2.33. The summed E-state index contributed by atoms with van der Waals surface area (Å²) in [6.07, 6.45) is 0. The molecule has 3 N–H and O–H groups in total. The molecular weight excluding hydrogens is 422 g/mol. The van der Waals surface area contributed by atoms with Crippen molar-refractivity contribution in [3.63, 3.8) is 0 Å². The number of sulfonamides is 1. The number of carbonyl (C=O) groups is 2. The summed E-state index contributed by atoms with van der Waals surface area (Å²) in [5.41, 5.74) is 1.67. The minimum Gasteiger partial charge on any atom is -0.343 e. The van der Waals surface area contributed by atoms with E-state index in [1.54, 1.807) is 12.1 Å². The van der Waals surface area contributed by atoms with Crippen molar-refractivity contribution in [2.24, 2.45) is 0 Å². The van der Waals surface area contributed by atoms with Gasteiger partial charge in [-0.05, 0) is 55.9 Å². The monoisotopic (exact) mass is 439 g/mol. The molecule has 0 aromatic heterocycles. The van der Waals surface area contributed by atoms with Crippen LogP contribution >= 0.6 is 15.9 Å². The summed E-state index contributed by atoms with van der Waals surface area (Å²) in [7, 11) is -2.36. The molecule has 7 nitrogen and oxygen atoms in total. The Morgan fingerprint density at radius 2 is 1.85 bits per heavy atom. The van der Waals surface area contributed by atoms with E-state index < -0.39 is 15.9 Å². The van der Waals surface area contributed by atoms with Gasteiger partial charge in [0.05, 0.1) is 11.4 Å². The Bertz CT molecular complexity index is 945. The number of carbonyl (C=O) groups excluding carboxylic acids is 2. The fourth-order valence-corrected chi connectivity index (χ4v) is 3.40. The van der Waals surface area contributed by atoms with Crippen molar-refractivity contribution >= 4 is 43.5 Å². The number of rotatable bonds is 6. The smallest absolute Gasteiger partial charge is 0.251 e. The van der Waals surface area contributed by atoms with Gasteiger partial charge in [-0.2, -0.15) is 0 Å². The van der Waals surface area contributed by atoms with Crippen LogP contribution in [0.1, 0.15) is 15.9 Å². The highest BCUT2D eigenvalue weighted by Crippen LogP contribution is 2.19. The topological polar surface area (TPSA) is 104 Å². The third kappa shape index (κ3) is 5.13. The standard InChI is InChI=1S/C17H18BrN3O4S/c1-11-8-13(18)6-7-15(11)21-16(22)10-20-17(23)12-4-3-5-14(9-12)26(24,25)19-2/h3-9,19H,10H2,1-2H3,(H,20,23)(H,21,22). The van der Waals surface area contributed by atoms with E-state index >= 15 is 0 Å². The largest absolute Gasteiger partial charge is 0.343 e. The quantitative estimate of drug-likeness (QED) is 0.640. The van der Waals surface area contributed by atoms with Crippen molar-refractivity contribution < 1.29 is 18.0 Å². The van der Waals surface area contributed by atoms with Crippen LogP contribution in [0.5, 0.6) is 0 Å². The SMILES string of the molecule is CNS(=O)(=O)c1cccc(C(=O)NCC(=O)Nc2ccc(Br)cc2C)c1. The van der Waals surface area contributed by atoms with Gasteiger partial charge in [0.15, 0.2) is 0 Å². The number of anilines is 1. The van der Waals surface area contributed by atoms with Crippen molar-refractivity contribution in [1.29, 1.82) is 0 Å². The number of hydrogen-bond donors (Lipinski definition) is 3. The first-order valence-corrected chi connectivity index (χ1v) is 9.88. The van der Waals surface area contributed by atoms with Gasteiger partial charge in [-0.1, -0.05) is 22.0 Å². The van der Waals surface area contributed by atoms with Gasteiger partial charge in [0, 0.05) is 15.7 Å². The van der Waals surface area contributed by atoms with Crippen LogP contribution in [-0.2, 0) is 14.8 Å². The lowest BCUT2D eigenvalue weighted by molar-refractivity contribution is -0.115. The molecule has 26 heavy (non-hydrogen) atoms. The summed E-state index contributed by atoms with van der Waals surface area (Å²) in [4.78, 5) is 24.2. The van der Waals surface area contributed by atoms with Crippen LogP contribution in [0.4, 0.5) is 5.69 Å². The Morgan fingerprint density at radius 1 is 1.12 bits per heavy atom. The molecule has 2 rings (SSSR count). The molecule has 0 saturated carbocycles. The molecule has 0 unspecified atom stereocenters. The first-order chi connectivity index (χ1) is 12.2. The molecular formula is C17H18BrN3O4S. The Kier molecular flexibility index (Phi) is 6.52. The average molecular weight is 440 g/mol. The molecule has 0 spiro atoms. The zero-order valence-corrected chi connectivity index (χ0v) is 16.6. The minimum atomic E-state index is -3.65. The van der Waals surface area contributed by atoms with Crippen LogP contribution in [0.15, 0.2) is 51.8 Å². The molecule has 0 aliphatic rings. The van der Waals surface area contributed by atoms with E-state index in [9.17, 15) is 18.0 Å². The van der Waals surface area contributed by atoms with Crippen LogP contribution < -0.4 is 15.4 Å². The van der Waals surface area contributed by atoms with Gasteiger partial charge in [0.25, 0.3) is 5.91 Å². The number of aryl methyl sites for hydroxylation is 1. The van der Waals surface area contributed by atoms with Crippen molar-refractivity contribution in [2.75, 3.05) is 18.9 Å². The molecule has 2 amide bonds. The first-order valence-electron chi connectivity index (χ1n) is 7.61. The highest BCUT2D eigenvalue weighted by molar-refractivity contribution is 9.10. The molecule has 138 valence electrons. The Hall–Kier alpha value is -2.23. The van der Waals surface area contributed by atoms with Crippen LogP contribution in [-0.4, -0.2) is 33.8 Å². The number of nitrogens with one attached hydrogen (secondary N) is 3. The summed E-state index contributed by atoms with van der Waals surface area (Å²) >= 11 is 3.35. The third-order valence-corrected chi connectivity index (χ3v) is 5.45. The second kappa shape index (κ2) is 8.43. The van der Waals surface area contributed by atoms with E-state index in [4.69, 9.17) is 0 Å². The Balaban J connectivity index is 2.00. The molecule has 0 heterocycles. The van der Waals surface area contributed by atoms with Crippen LogP contribution in [0.2, 0.25) is 0 Å². The molecule has 0 atom stereocenters. The van der Waals surface area contributed by atoms with E-state index in [2.05, 4.69) is 31.3 Å². The molecule has 2 aromatic carbocycles. The molecule has 0 bridgehead atoms. The predicted octanol–water partition coefficient (Wildman–Crippen LogP) is 2.03. The Labute approximate surface area is 160 Å².